The average molecular weight is 274 g/mol. The van der Waals surface area contributed by atoms with Crippen molar-refractivity contribution in [3.05, 3.63) is 0 Å². The van der Waals surface area contributed by atoms with Gasteiger partial charge in [0.25, 0.3) is 0 Å². The minimum absolute atomic E-state index is 0.102. The fourth-order valence-electron chi connectivity index (χ4n) is 7.18. The summed E-state index contributed by atoms with van der Waals surface area (Å²) in [6.45, 7) is 2.56. The third-order valence-electron chi connectivity index (χ3n) is 8.15. The Morgan fingerprint density at radius 1 is 0.850 bits per heavy atom. The van der Waals surface area contributed by atoms with Gasteiger partial charge in [-0.1, -0.05) is 26.2 Å². The zero-order valence-corrected chi connectivity index (χ0v) is 13.1. The highest BCUT2D eigenvalue weighted by molar-refractivity contribution is 5.61. The Kier molecular flexibility index (Phi) is 3.06. The molecule has 0 amide bonds. The zero-order valence-electron chi connectivity index (χ0n) is 13.1. The van der Waals surface area contributed by atoms with Gasteiger partial charge in [0.1, 0.15) is 6.29 Å². The second kappa shape index (κ2) is 4.58. The number of fused-ring (bicyclic) bond motifs is 5. The first kappa shape index (κ1) is 13.3. The molecule has 20 heavy (non-hydrogen) atoms. The molecule has 4 aliphatic rings. The lowest BCUT2D eigenvalue weighted by atomic mass is 9.45. The molecule has 1 nitrogen and oxygen atoms in total. The zero-order chi connectivity index (χ0) is 13.8. The highest BCUT2D eigenvalue weighted by Crippen LogP contribution is 2.65. The van der Waals surface area contributed by atoms with Crippen LogP contribution >= 0.6 is 0 Å². The normalized spacial score (nSPS) is 54.6. The van der Waals surface area contributed by atoms with Crippen LogP contribution in [0.4, 0.5) is 0 Å². The van der Waals surface area contributed by atoms with Crippen molar-refractivity contribution in [3.63, 3.8) is 0 Å². The van der Waals surface area contributed by atoms with Gasteiger partial charge in [-0.15, -0.1) is 0 Å². The third kappa shape index (κ3) is 1.64. The molecule has 0 saturated heterocycles. The highest BCUT2D eigenvalue weighted by atomic mass is 16.1. The second-order valence-electron chi connectivity index (χ2n) is 8.71. The molecule has 0 aliphatic heterocycles. The second-order valence-corrected chi connectivity index (χ2v) is 8.71. The van der Waals surface area contributed by atoms with E-state index < -0.39 is 0 Å². The van der Waals surface area contributed by atoms with Crippen LogP contribution in [-0.2, 0) is 4.79 Å². The maximum Gasteiger partial charge on any atom is 0.126 e. The average Bonchev–Trinajstić information content (AvgIpc) is 2.88. The molecule has 0 bridgehead atoms. The summed E-state index contributed by atoms with van der Waals surface area (Å²) >= 11 is 0. The van der Waals surface area contributed by atoms with E-state index in [0.29, 0.717) is 5.41 Å². The van der Waals surface area contributed by atoms with E-state index in [4.69, 9.17) is 0 Å². The van der Waals surface area contributed by atoms with Crippen molar-refractivity contribution in [1.82, 2.24) is 0 Å². The minimum atomic E-state index is 0.102. The van der Waals surface area contributed by atoms with Gasteiger partial charge in [-0.2, -0.15) is 0 Å². The van der Waals surface area contributed by atoms with Crippen molar-refractivity contribution in [2.24, 2.45) is 34.5 Å². The van der Waals surface area contributed by atoms with Gasteiger partial charge in [-0.05, 0) is 80.5 Å². The minimum Gasteiger partial charge on any atom is -0.303 e. The molecule has 0 aromatic rings. The summed E-state index contributed by atoms with van der Waals surface area (Å²) in [5.74, 6) is 3.31. The van der Waals surface area contributed by atoms with Gasteiger partial charge in [0, 0.05) is 5.41 Å². The van der Waals surface area contributed by atoms with Crippen LogP contribution in [0.5, 0.6) is 0 Å². The van der Waals surface area contributed by atoms with Crippen LogP contribution in [0.2, 0.25) is 0 Å². The Labute approximate surface area is 123 Å². The smallest absolute Gasteiger partial charge is 0.126 e. The Morgan fingerprint density at radius 2 is 1.75 bits per heavy atom. The van der Waals surface area contributed by atoms with Crippen molar-refractivity contribution < 1.29 is 4.79 Å². The van der Waals surface area contributed by atoms with Crippen molar-refractivity contribution in [2.75, 3.05) is 0 Å². The van der Waals surface area contributed by atoms with E-state index in [2.05, 4.69) is 6.92 Å². The Hall–Kier alpha value is -0.330. The van der Waals surface area contributed by atoms with Gasteiger partial charge < -0.3 is 4.79 Å². The van der Waals surface area contributed by atoms with Crippen LogP contribution in [0.3, 0.4) is 0 Å². The first-order chi connectivity index (χ1) is 9.70. The maximum absolute atomic E-state index is 12.1. The number of hydrogen-bond acceptors (Lipinski definition) is 1. The summed E-state index contributed by atoms with van der Waals surface area (Å²) in [5.41, 5.74) is 0.734. The largest absolute Gasteiger partial charge is 0.303 e. The molecule has 6 atom stereocenters. The van der Waals surface area contributed by atoms with Crippen LogP contribution in [0, 0.1) is 34.5 Å². The fourth-order valence-corrected chi connectivity index (χ4v) is 7.18. The van der Waals surface area contributed by atoms with Gasteiger partial charge in [0.15, 0.2) is 0 Å². The summed E-state index contributed by atoms with van der Waals surface area (Å²) in [5, 5.41) is 0. The number of aldehydes is 1. The van der Waals surface area contributed by atoms with E-state index in [9.17, 15) is 4.79 Å². The third-order valence-corrected chi connectivity index (χ3v) is 8.15. The lowest BCUT2D eigenvalue weighted by Gasteiger charge is -2.59. The fraction of sp³-hybridized carbons (Fsp3) is 0.947. The van der Waals surface area contributed by atoms with E-state index >= 15 is 0 Å². The van der Waals surface area contributed by atoms with Gasteiger partial charge in [0.2, 0.25) is 0 Å². The van der Waals surface area contributed by atoms with Crippen LogP contribution in [0.15, 0.2) is 0 Å². The monoisotopic (exact) mass is 274 g/mol. The van der Waals surface area contributed by atoms with E-state index in [-0.39, 0.29) is 5.41 Å². The van der Waals surface area contributed by atoms with Gasteiger partial charge in [0.05, 0.1) is 0 Å². The predicted octanol–water partition coefficient (Wildman–Crippen LogP) is 4.99. The van der Waals surface area contributed by atoms with E-state index in [1.807, 2.05) is 0 Å². The number of carbonyl (C=O) groups is 1. The Morgan fingerprint density at radius 3 is 2.60 bits per heavy atom. The van der Waals surface area contributed by atoms with Crippen molar-refractivity contribution >= 4 is 6.29 Å². The first-order valence-corrected chi connectivity index (χ1v) is 9.16. The molecular weight excluding hydrogens is 244 g/mol. The summed E-state index contributed by atoms with van der Waals surface area (Å²) in [4.78, 5) is 12.1. The molecule has 0 aromatic heterocycles. The summed E-state index contributed by atoms with van der Waals surface area (Å²) in [6.07, 6.45) is 16.6. The molecular formula is C19H30O. The van der Waals surface area contributed by atoms with Gasteiger partial charge in [-0.3, -0.25) is 0 Å². The quantitative estimate of drug-likeness (QED) is 0.616. The van der Waals surface area contributed by atoms with E-state index in [1.165, 1.54) is 76.9 Å². The molecule has 4 unspecified atom stereocenters. The summed E-state index contributed by atoms with van der Waals surface area (Å²) in [7, 11) is 0. The molecule has 112 valence electrons. The van der Waals surface area contributed by atoms with Gasteiger partial charge >= 0.3 is 0 Å². The molecule has 0 N–H and O–H groups in total. The molecule has 0 radical (unpaired) electrons. The number of carbonyl (C=O) groups excluding carboxylic acids is 1. The first-order valence-electron chi connectivity index (χ1n) is 9.16. The maximum atomic E-state index is 12.1. The Bertz CT molecular complexity index is 403. The lowest BCUT2D eigenvalue weighted by molar-refractivity contribution is -0.145. The number of hydrogen-bond donors (Lipinski definition) is 0. The van der Waals surface area contributed by atoms with Crippen LogP contribution in [0.1, 0.15) is 77.6 Å². The molecule has 4 fully saturated rings. The standard InChI is InChI=1S/C19H30O/c1-18-10-4-6-16(18)15-8-7-14-5-2-3-11-19(14,13-20)17(15)9-12-18/h13-17H,2-12H2,1H3/t14-,15?,16?,17?,18?,19+/m0/s1. The SMILES string of the molecule is CC12CCCC1C1CC[C@@H]3CCCC[C@]3(C=O)C1CC2. The Balaban J connectivity index is 1.68. The molecule has 0 heterocycles. The molecule has 4 saturated carbocycles. The highest BCUT2D eigenvalue weighted by Gasteiger charge is 2.58. The van der Waals surface area contributed by atoms with Crippen LogP contribution in [-0.4, -0.2) is 6.29 Å². The summed E-state index contributed by atoms with van der Waals surface area (Å²) in [6, 6.07) is 0. The van der Waals surface area contributed by atoms with Gasteiger partial charge in [-0.25, -0.2) is 0 Å². The van der Waals surface area contributed by atoms with Crippen LogP contribution in [0.25, 0.3) is 0 Å². The van der Waals surface area contributed by atoms with E-state index in [1.54, 1.807) is 0 Å². The lowest BCUT2D eigenvalue weighted by Crippen LogP contribution is -2.53. The molecule has 4 rings (SSSR count). The van der Waals surface area contributed by atoms with Crippen molar-refractivity contribution in [3.8, 4) is 0 Å². The van der Waals surface area contributed by atoms with Crippen molar-refractivity contribution in [2.45, 2.75) is 77.6 Å². The molecule has 0 spiro atoms. The molecule has 1 heteroatoms. The van der Waals surface area contributed by atoms with Crippen LogP contribution < -0.4 is 0 Å². The van der Waals surface area contributed by atoms with E-state index in [0.717, 1.165) is 23.7 Å². The topological polar surface area (TPSA) is 17.1 Å². The summed E-state index contributed by atoms with van der Waals surface area (Å²) < 4.78 is 0. The molecule has 0 aromatic carbocycles. The number of rotatable bonds is 1. The van der Waals surface area contributed by atoms with Crippen molar-refractivity contribution in [1.29, 1.82) is 0 Å². The predicted molar refractivity (Wildman–Crippen MR) is 81.4 cm³/mol. The molecule has 4 aliphatic carbocycles.